The maximum absolute atomic E-state index is 9.25. The van der Waals surface area contributed by atoms with E-state index in [1.807, 2.05) is 25.1 Å². The molecular weight excluding hydrogens is 304 g/mol. The molecule has 3 N–H and O–H groups in total. The van der Waals surface area contributed by atoms with Gasteiger partial charge in [-0.1, -0.05) is 18.2 Å². The number of aromatic nitrogens is 4. The second-order valence-corrected chi connectivity index (χ2v) is 5.42. The molecule has 0 atom stereocenters. The van der Waals surface area contributed by atoms with Crippen LogP contribution in [0.3, 0.4) is 0 Å². The summed E-state index contributed by atoms with van der Waals surface area (Å²) in [5.74, 6) is 0.522. The molecule has 4 rings (SSSR count). The molecule has 0 saturated carbocycles. The van der Waals surface area contributed by atoms with Crippen LogP contribution in [0.4, 0.5) is 5.95 Å². The van der Waals surface area contributed by atoms with Gasteiger partial charge in [0.05, 0.1) is 11.7 Å². The lowest BCUT2D eigenvalue weighted by molar-refractivity contribution is 0.475. The molecule has 0 fully saturated rings. The van der Waals surface area contributed by atoms with E-state index in [1.54, 1.807) is 30.5 Å². The predicted molar refractivity (Wildman–Crippen MR) is 93.3 cm³/mol. The van der Waals surface area contributed by atoms with Gasteiger partial charge in [-0.25, -0.2) is 5.43 Å². The SMILES string of the molecule is Cc1cccc2c1[nH]c1nc(NN=Cc3ccc(O)cc3)nnc12. The summed E-state index contributed by atoms with van der Waals surface area (Å²) in [6.45, 7) is 2.03. The van der Waals surface area contributed by atoms with E-state index in [9.17, 15) is 5.11 Å². The number of H-pyrrole nitrogens is 1. The summed E-state index contributed by atoms with van der Waals surface area (Å²) < 4.78 is 0. The van der Waals surface area contributed by atoms with E-state index in [-0.39, 0.29) is 5.75 Å². The number of phenols is 1. The fourth-order valence-electron chi connectivity index (χ4n) is 2.52. The first-order chi connectivity index (χ1) is 11.7. The van der Waals surface area contributed by atoms with Crippen molar-refractivity contribution in [2.45, 2.75) is 6.92 Å². The quantitative estimate of drug-likeness (QED) is 0.398. The molecule has 0 aliphatic rings. The fraction of sp³-hybridized carbons (Fsp3) is 0.0588. The first kappa shape index (κ1) is 14.1. The molecule has 2 aromatic heterocycles. The van der Waals surface area contributed by atoms with Crippen molar-refractivity contribution in [3.05, 3.63) is 53.6 Å². The highest BCUT2D eigenvalue weighted by Gasteiger charge is 2.09. The highest BCUT2D eigenvalue weighted by atomic mass is 16.3. The zero-order valence-electron chi connectivity index (χ0n) is 12.9. The lowest BCUT2D eigenvalue weighted by Crippen LogP contribution is -1.98. The van der Waals surface area contributed by atoms with Gasteiger partial charge in [0.2, 0.25) is 0 Å². The van der Waals surface area contributed by atoms with Crippen LogP contribution in [0.1, 0.15) is 11.1 Å². The summed E-state index contributed by atoms with van der Waals surface area (Å²) in [4.78, 5) is 7.67. The van der Waals surface area contributed by atoms with Crippen molar-refractivity contribution in [3.8, 4) is 5.75 Å². The number of nitrogens with zero attached hydrogens (tertiary/aromatic N) is 4. The van der Waals surface area contributed by atoms with Gasteiger partial charge in [0.15, 0.2) is 5.65 Å². The molecule has 2 aromatic carbocycles. The van der Waals surface area contributed by atoms with Gasteiger partial charge in [-0.05, 0) is 42.3 Å². The molecule has 0 unspecified atom stereocenters. The lowest BCUT2D eigenvalue weighted by atomic mass is 10.1. The molecule has 2 heterocycles. The second-order valence-electron chi connectivity index (χ2n) is 5.42. The molecule has 0 radical (unpaired) electrons. The summed E-state index contributed by atoms with van der Waals surface area (Å²) >= 11 is 0. The van der Waals surface area contributed by atoms with Gasteiger partial charge in [0.1, 0.15) is 11.3 Å². The van der Waals surface area contributed by atoms with Crippen LogP contribution in [0.15, 0.2) is 47.6 Å². The lowest BCUT2D eigenvalue weighted by Gasteiger charge is -1.97. The van der Waals surface area contributed by atoms with Gasteiger partial charge in [-0.2, -0.15) is 10.1 Å². The van der Waals surface area contributed by atoms with E-state index in [1.165, 1.54) is 0 Å². The molecule has 24 heavy (non-hydrogen) atoms. The molecule has 118 valence electrons. The molecule has 0 spiro atoms. The Balaban J connectivity index is 1.62. The number of hydrazone groups is 1. The first-order valence-electron chi connectivity index (χ1n) is 7.40. The summed E-state index contributed by atoms with van der Waals surface area (Å²) in [5, 5.41) is 22.6. The second kappa shape index (κ2) is 5.62. The van der Waals surface area contributed by atoms with Crippen LogP contribution < -0.4 is 5.43 Å². The van der Waals surface area contributed by atoms with Gasteiger partial charge in [-0.3, -0.25) is 0 Å². The number of hydrogen-bond acceptors (Lipinski definition) is 6. The number of benzene rings is 2. The number of aromatic hydroxyl groups is 1. The van der Waals surface area contributed by atoms with Gasteiger partial charge < -0.3 is 10.1 Å². The number of anilines is 1. The smallest absolute Gasteiger partial charge is 0.265 e. The van der Waals surface area contributed by atoms with Gasteiger partial charge in [0, 0.05) is 5.39 Å². The standard InChI is InChI=1S/C17H14N6O/c1-10-3-2-4-13-14(10)19-16-15(13)21-23-17(20-16)22-18-9-11-5-7-12(24)8-6-11/h2-9,24H,1H3,(H2,19,20,22,23). The van der Waals surface area contributed by atoms with Crippen LogP contribution in [0.2, 0.25) is 0 Å². The third kappa shape index (κ3) is 2.52. The summed E-state index contributed by atoms with van der Waals surface area (Å²) in [7, 11) is 0. The number of nitrogens with one attached hydrogen (secondary N) is 2. The number of aromatic amines is 1. The maximum Gasteiger partial charge on any atom is 0.265 e. The van der Waals surface area contributed by atoms with Crippen LogP contribution >= 0.6 is 0 Å². The number of fused-ring (bicyclic) bond motifs is 3. The van der Waals surface area contributed by atoms with Crippen LogP contribution in [0.5, 0.6) is 5.75 Å². The Labute approximate surface area is 137 Å². The van der Waals surface area contributed by atoms with Gasteiger partial charge in [-0.15, -0.1) is 10.2 Å². The Hall–Kier alpha value is -3.48. The monoisotopic (exact) mass is 318 g/mol. The van der Waals surface area contributed by atoms with E-state index in [0.29, 0.717) is 11.6 Å². The Bertz CT molecular complexity index is 1050. The van der Waals surface area contributed by atoms with E-state index >= 15 is 0 Å². The average molecular weight is 318 g/mol. The van der Waals surface area contributed by atoms with Crippen molar-refractivity contribution >= 4 is 34.2 Å². The summed E-state index contributed by atoms with van der Waals surface area (Å²) in [6.07, 6.45) is 1.61. The third-order valence-corrected chi connectivity index (χ3v) is 3.73. The molecule has 0 saturated heterocycles. The molecule has 0 amide bonds. The van der Waals surface area contributed by atoms with Gasteiger partial charge in [0.25, 0.3) is 5.95 Å². The molecule has 4 aromatic rings. The number of aryl methyl sites for hydroxylation is 1. The van der Waals surface area contributed by atoms with Crippen molar-refractivity contribution < 1.29 is 5.11 Å². The minimum absolute atomic E-state index is 0.215. The Morgan fingerprint density at radius 2 is 1.96 bits per heavy atom. The summed E-state index contributed by atoms with van der Waals surface area (Å²) in [5.41, 5.74) is 7.15. The maximum atomic E-state index is 9.25. The minimum atomic E-state index is 0.215. The molecular formula is C17H14N6O. The molecule has 0 bridgehead atoms. The molecule has 0 aliphatic carbocycles. The molecule has 7 nitrogen and oxygen atoms in total. The minimum Gasteiger partial charge on any atom is -0.508 e. The highest BCUT2D eigenvalue weighted by molar-refractivity contribution is 6.04. The largest absolute Gasteiger partial charge is 0.508 e. The highest BCUT2D eigenvalue weighted by Crippen LogP contribution is 2.24. The van der Waals surface area contributed by atoms with Crippen LogP contribution in [-0.2, 0) is 0 Å². The fourth-order valence-corrected chi connectivity index (χ4v) is 2.52. The predicted octanol–water partition coefficient (Wildman–Crippen LogP) is 2.97. The zero-order valence-corrected chi connectivity index (χ0v) is 12.9. The third-order valence-electron chi connectivity index (χ3n) is 3.73. The Morgan fingerprint density at radius 1 is 1.12 bits per heavy atom. The number of phenolic OH excluding ortho intramolecular Hbond substituents is 1. The zero-order chi connectivity index (χ0) is 16.5. The van der Waals surface area contributed by atoms with E-state index in [4.69, 9.17) is 0 Å². The van der Waals surface area contributed by atoms with Crippen LogP contribution in [-0.4, -0.2) is 31.5 Å². The molecule has 7 heteroatoms. The number of hydrogen-bond donors (Lipinski definition) is 3. The van der Waals surface area contributed by atoms with Crippen molar-refractivity contribution in [1.29, 1.82) is 0 Å². The first-order valence-corrected chi connectivity index (χ1v) is 7.40. The normalized spacial score (nSPS) is 11.5. The summed E-state index contributed by atoms with van der Waals surface area (Å²) in [6, 6.07) is 12.7. The Morgan fingerprint density at radius 3 is 2.79 bits per heavy atom. The van der Waals surface area contributed by atoms with Crippen molar-refractivity contribution in [2.75, 3.05) is 5.43 Å². The van der Waals surface area contributed by atoms with Gasteiger partial charge >= 0.3 is 0 Å². The van der Waals surface area contributed by atoms with Crippen LogP contribution in [0.25, 0.3) is 22.1 Å². The average Bonchev–Trinajstić information content (AvgIpc) is 2.96. The topological polar surface area (TPSA) is 99.1 Å². The molecule has 0 aliphatic heterocycles. The van der Waals surface area contributed by atoms with Crippen molar-refractivity contribution in [3.63, 3.8) is 0 Å². The van der Waals surface area contributed by atoms with E-state index < -0.39 is 0 Å². The number of para-hydroxylation sites is 1. The van der Waals surface area contributed by atoms with E-state index in [2.05, 4.69) is 30.7 Å². The van der Waals surface area contributed by atoms with Crippen LogP contribution in [0, 0.1) is 6.92 Å². The number of rotatable bonds is 3. The van der Waals surface area contributed by atoms with Crippen molar-refractivity contribution in [1.82, 2.24) is 20.2 Å². The Kier molecular flexibility index (Phi) is 3.31. The van der Waals surface area contributed by atoms with E-state index in [0.717, 1.165) is 27.5 Å². The van der Waals surface area contributed by atoms with Crippen molar-refractivity contribution in [2.24, 2.45) is 5.10 Å².